The van der Waals surface area contributed by atoms with Crippen LogP contribution in [0.1, 0.15) is 5.82 Å². The van der Waals surface area contributed by atoms with Crippen molar-refractivity contribution in [1.82, 2.24) is 10.1 Å². The van der Waals surface area contributed by atoms with Gasteiger partial charge >= 0.3 is 0 Å². The Morgan fingerprint density at radius 1 is 1.47 bits per heavy atom. The first-order valence-corrected chi connectivity index (χ1v) is 5.80. The van der Waals surface area contributed by atoms with E-state index in [1.165, 1.54) is 0 Å². The van der Waals surface area contributed by atoms with Gasteiger partial charge in [-0.05, 0) is 24.5 Å². The molecule has 1 N–H and O–H groups in total. The van der Waals surface area contributed by atoms with E-state index < -0.39 is 0 Å². The van der Waals surface area contributed by atoms with Gasteiger partial charge in [0.2, 0.25) is 0 Å². The quantitative estimate of drug-likeness (QED) is 0.863. The van der Waals surface area contributed by atoms with Gasteiger partial charge in [0.1, 0.15) is 5.75 Å². The van der Waals surface area contributed by atoms with Crippen molar-refractivity contribution in [3.63, 3.8) is 0 Å². The summed E-state index contributed by atoms with van der Waals surface area (Å²) in [7, 11) is 0. The van der Waals surface area contributed by atoms with E-state index in [9.17, 15) is 5.11 Å². The number of rotatable bonds is 3. The van der Waals surface area contributed by atoms with Gasteiger partial charge in [-0.2, -0.15) is 16.7 Å². The Morgan fingerprint density at radius 2 is 2.33 bits per heavy atom. The fourth-order valence-electron chi connectivity index (χ4n) is 1.20. The summed E-state index contributed by atoms with van der Waals surface area (Å²) < 4.78 is 5.07. The second kappa shape index (κ2) is 4.35. The van der Waals surface area contributed by atoms with E-state index in [1.807, 2.05) is 12.3 Å². The summed E-state index contributed by atoms with van der Waals surface area (Å²) in [4.78, 5) is 4.20. The van der Waals surface area contributed by atoms with Crippen molar-refractivity contribution in [1.29, 1.82) is 0 Å². The van der Waals surface area contributed by atoms with E-state index in [1.54, 1.807) is 30.0 Å². The molecule has 0 fully saturated rings. The number of aromatic hydroxyl groups is 1. The fourth-order valence-corrected chi connectivity index (χ4v) is 1.57. The molecule has 0 aliphatic rings. The van der Waals surface area contributed by atoms with Crippen LogP contribution in [0.25, 0.3) is 11.5 Å². The Morgan fingerprint density at radius 3 is 3.07 bits per heavy atom. The van der Waals surface area contributed by atoms with E-state index in [0.717, 1.165) is 11.3 Å². The van der Waals surface area contributed by atoms with Crippen molar-refractivity contribution in [3.8, 4) is 17.2 Å². The number of benzene rings is 1. The molecule has 5 heteroatoms. The highest BCUT2D eigenvalue weighted by atomic mass is 32.2. The predicted octanol–water partition coefficient (Wildman–Crippen LogP) is 2.31. The molecule has 0 saturated heterocycles. The van der Waals surface area contributed by atoms with Crippen LogP contribution in [-0.4, -0.2) is 21.5 Å². The molecule has 0 bridgehead atoms. The molecule has 0 radical (unpaired) electrons. The van der Waals surface area contributed by atoms with Crippen molar-refractivity contribution in [2.75, 3.05) is 6.26 Å². The smallest absolute Gasteiger partial charge is 0.258 e. The van der Waals surface area contributed by atoms with Gasteiger partial charge in [0.25, 0.3) is 5.89 Å². The lowest BCUT2D eigenvalue weighted by atomic mass is 10.2. The maximum Gasteiger partial charge on any atom is 0.258 e. The van der Waals surface area contributed by atoms with E-state index >= 15 is 0 Å². The highest BCUT2D eigenvalue weighted by molar-refractivity contribution is 7.97. The number of hydrogen-bond donors (Lipinski definition) is 1. The minimum absolute atomic E-state index is 0.192. The lowest BCUT2D eigenvalue weighted by Crippen LogP contribution is -1.82. The maximum atomic E-state index is 9.29. The zero-order valence-corrected chi connectivity index (χ0v) is 8.99. The average molecular weight is 222 g/mol. The van der Waals surface area contributed by atoms with Crippen LogP contribution in [0, 0.1) is 0 Å². The molecule has 78 valence electrons. The van der Waals surface area contributed by atoms with Crippen molar-refractivity contribution in [2.45, 2.75) is 5.75 Å². The molecule has 2 rings (SSSR count). The molecular formula is C10H10N2O2S. The molecular weight excluding hydrogens is 212 g/mol. The first-order valence-electron chi connectivity index (χ1n) is 4.40. The SMILES string of the molecule is CSCc1noc(-c2cccc(O)c2)n1. The van der Waals surface area contributed by atoms with Gasteiger partial charge in [-0.3, -0.25) is 0 Å². The molecule has 4 nitrogen and oxygen atoms in total. The van der Waals surface area contributed by atoms with Crippen LogP contribution < -0.4 is 0 Å². The van der Waals surface area contributed by atoms with E-state index in [0.29, 0.717) is 11.7 Å². The number of hydrogen-bond acceptors (Lipinski definition) is 5. The topological polar surface area (TPSA) is 59.2 Å². The van der Waals surface area contributed by atoms with Crippen LogP contribution in [0.3, 0.4) is 0 Å². The maximum absolute atomic E-state index is 9.29. The zero-order chi connectivity index (χ0) is 10.7. The molecule has 0 atom stereocenters. The molecule has 0 unspecified atom stereocenters. The third-order valence-electron chi connectivity index (χ3n) is 1.83. The summed E-state index contributed by atoms with van der Waals surface area (Å²) in [6, 6.07) is 6.75. The second-order valence-corrected chi connectivity index (χ2v) is 3.87. The van der Waals surface area contributed by atoms with Crippen molar-refractivity contribution < 1.29 is 9.63 Å². The van der Waals surface area contributed by atoms with Crippen LogP contribution in [-0.2, 0) is 5.75 Å². The zero-order valence-electron chi connectivity index (χ0n) is 8.17. The highest BCUT2D eigenvalue weighted by Gasteiger charge is 2.08. The van der Waals surface area contributed by atoms with Crippen molar-refractivity contribution >= 4 is 11.8 Å². The van der Waals surface area contributed by atoms with Gasteiger partial charge in [-0.25, -0.2) is 0 Å². The lowest BCUT2D eigenvalue weighted by Gasteiger charge is -1.94. The fraction of sp³-hybridized carbons (Fsp3) is 0.200. The van der Waals surface area contributed by atoms with E-state index in [2.05, 4.69) is 10.1 Å². The largest absolute Gasteiger partial charge is 0.508 e. The molecule has 0 spiro atoms. The average Bonchev–Trinajstić information content (AvgIpc) is 2.67. The molecule has 1 heterocycles. The molecule has 0 aliphatic carbocycles. The van der Waals surface area contributed by atoms with Crippen LogP contribution in [0.15, 0.2) is 28.8 Å². The van der Waals surface area contributed by atoms with E-state index in [4.69, 9.17) is 4.52 Å². The number of aromatic nitrogens is 2. The number of phenols is 1. The molecule has 0 amide bonds. The molecule has 2 aromatic rings. The molecule has 1 aromatic carbocycles. The Balaban J connectivity index is 2.29. The molecule has 0 aliphatic heterocycles. The summed E-state index contributed by atoms with van der Waals surface area (Å²) in [5, 5.41) is 13.1. The minimum atomic E-state index is 0.192. The van der Waals surface area contributed by atoms with Crippen LogP contribution in [0.5, 0.6) is 5.75 Å². The standard InChI is InChI=1S/C10H10N2O2S/c1-15-6-9-11-10(14-12-9)7-3-2-4-8(13)5-7/h2-5,13H,6H2,1H3. The highest BCUT2D eigenvalue weighted by Crippen LogP contribution is 2.21. The Labute approximate surface area is 91.3 Å². The Bertz CT molecular complexity index is 456. The monoisotopic (exact) mass is 222 g/mol. The van der Waals surface area contributed by atoms with Crippen LogP contribution in [0.2, 0.25) is 0 Å². The Kier molecular flexibility index (Phi) is 2.91. The molecule has 0 saturated carbocycles. The summed E-state index contributed by atoms with van der Waals surface area (Å²) in [5.74, 6) is 2.02. The van der Waals surface area contributed by atoms with Gasteiger partial charge in [-0.15, -0.1) is 0 Å². The third-order valence-corrected chi connectivity index (χ3v) is 2.38. The molecule has 15 heavy (non-hydrogen) atoms. The van der Waals surface area contributed by atoms with E-state index in [-0.39, 0.29) is 5.75 Å². The number of thioether (sulfide) groups is 1. The van der Waals surface area contributed by atoms with Gasteiger partial charge in [-0.1, -0.05) is 11.2 Å². The normalized spacial score (nSPS) is 10.5. The van der Waals surface area contributed by atoms with Gasteiger partial charge in [0.05, 0.1) is 5.75 Å². The van der Waals surface area contributed by atoms with Gasteiger partial charge in [0, 0.05) is 5.56 Å². The Hall–Kier alpha value is -1.49. The predicted molar refractivity (Wildman–Crippen MR) is 58.6 cm³/mol. The van der Waals surface area contributed by atoms with Crippen molar-refractivity contribution in [3.05, 3.63) is 30.1 Å². The summed E-state index contributed by atoms with van der Waals surface area (Å²) in [6.45, 7) is 0. The van der Waals surface area contributed by atoms with Gasteiger partial charge in [0.15, 0.2) is 5.82 Å². The first-order chi connectivity index (χ1) is 7.29. The van der Waals surface area contributed by atoms with Crippen LogP contribution >= 0.6 is 11.8 Å². The van der Waals surface area contributed by atoms with Gasteiger partial charge < -0.3 is 9.63 Å². The number of nitrogens with zero attached hydrogens (tertiary/aromatic N) is 2. The van der Waals surface area contributed by atoms with Crippen molar-refractivity contribution in [2.24, 2.45) is 0 Å². The minimum Gasteiger partial charge on any atom is -0.508 e. The molecule has 1 aromatic heterocycles. The number of phenolic OH excluding ortho intramolecular Hbond substituents is 1. The summed E-state index contributed by atoms with van der Waals surface area (Å²) >= 11 is 1.63. The summed E-state index contributed by atoms with van der Waals surface area (Å²) in [5.41, 5.74) is 0.731. The van der Waals surface area contributed by atoms with Crippen LogP contribution in [0.4, 0.5) is 0 Å². The lowest BCUT2D eigenvalue weighted by molar-refractivity contribution is 0.424. The first kappa shape index (κ1) is 10.0. The second-order valence-electron chi connectivity index (χ2n) is 3.00. The summed E-state index contributed by atoms with van der Waals surface area (Å²) in [6.07, 6.45) is 1.98. The third kappa shape index (κ3) is 2.30.